The smallest absolute Gasteiger partial charge is 0.254 e. The third-order valence-electron chi connectivity index (χ3n) is 7.71. The van der Waals surface area contributed by atoms with Gasteiger partial charge in [-0.15, -0.1) is 0 Å². The molecule has 0 radical (unpaired) electrons. The number of halogens is 2. The molecule has 2 aromatic carbocycles. The molecule has 1 aliphatic heterocycles. The van der Waals surface area contributed by atoms with Gasteiger partial charge in [0.05, 0.1) is 12.9 Å². The highest BCUT2D eigenvalue weighted by Crippen LogP contribution is 2.26. The molecule has 41 heavy (non-hydrogen) atoms. The van der Waals surface area contributed by atoms with Gasteiger partial charge in [-0.2, -0.15) is 9.97 Å². The van der Waals surface area contributed by atoms with Crippen molar-refractivity contribution in [1.29, 1.82) is 0 Å². The fourth-order valence-corrected chi connectivity index (χ4v) is 5.77. The van der Waals surface area contributed by atoms with Gasteiger partial charge in [0.1, 0.15) is 0 Å². The zero-order valence-electron chi connectivity index (χ0n) is 23.7. The number of aromatic nitrogens is 4. The van der Waals surface area contributed by atoms with Crippen molar-refractivity contribution in [2.45, 2.75) is 46.1 Å². The van der Waals surface area contributed by atoms with E-state index in [0.717, 1.165) is 29.9 Å². The fraction of sp³-hybridized carbons (Fsp3) is 0.419. The molecule has 1 fully saturated rings. The Hall–Kier alpha value is -3.36. The van der Waals surface area contributed by atoms with Crippen LogP contribution < -0.4 is 10.2 Å². The maximum Gasteiger partial charge on any atom is 0.254 e. The average Bonchev–Trinajstić information content (AvgIpc) is 3.39. The first-order chi connectivity index (χ1) is 19.9. The normalized spacial score (nSPS) is 14.4. The van der Waals surface area contributed by atoms with Crippen LogP contribution in [0.4, 0.5) is 11.8 Å². The van der Waals surface area contributed by atoms with E-state index in [1.54, 1.807) is 18.2 Å². The highest BCUT2D eigenvalue weighted by molar-refractivity contribution is 6.35. The van der Waals surface area contributed by atoms with Gasteiger partial charge in [0.2, 0.25) is 5.95 Å². The van der Waals surface area contributed by atoms with Gasteiger partial charge >= 0.3 is 0 Å². The van der Waals surface area contributed by atoms with Crippen LogP contribution in [-0.4, -0.2) is 63.0 Å². The van der Waals surface area contributed by atoms with Crippen LogP contribution in [0.2, 0.25) is 10.0 Å². The summed E-state index contributed by atoms with van der Waals surface area (Å²) in [6.07, 6.45) is 6.58. The summed E-state index contributed by atoms with van der Waals surface area (Å²) in [7, 11) is 0. The van der Waals surface area contributed by atoms with Gasteiger partial charge in [-0.05, 0) is 36.1 Å². The molecule has 2 aromatic heterocycles. The number of unbranched alkanes of at least 4 members (excludes halogenated alkanes) is 1. The first-order valence-electron chi connectivity index (χ1n) is 14.5. The molecule has 216 valence electrons. The van der Waals surface area contributed by atoms with Gasteiger partial charge in [0.15, 0.2) is 17.0 Å². The van der Waals surface area contributed by atoms with E-state index < -0.39 is 0 Å². The lowest BCUT2D eigenvalue weighted by Gasteiger charge is -2.35. The van der Waals surface area contributed by atoms with E-state index >= 15 is 0 Å². The van der Waals surface area contributed by atoms with Crippen LogP contribution in [-0.2, 0) is 6.54 Å². The second kappa shape index (κ2) is 13.5. The number of anilines is 2. The number of hydrogen-bond acceptors (Lipinski definition) is 6. The van der Waals surface area contributed by atoms with Gasteiger partial charge in [-0.25, -0.2) is 4.98 Å². The van der Waals surface area contributed by atoms with Crippen LogP contribution in [0.3, 0.4) is 0 Å². The highest BCUT2D eigenvalue weighted by Gasteiger charge is 2.26. The summed E-state index contributed by atoms with van der Waals surface area (Å²) in [5.41, 5.74) is 3.26. The highest BCUT2D eigenvalue weighted by atomic mass is 35.5. The molecule has 1 unspecified atom stereocenters. The monoisotopic (exact) mass is 593 g/mol. The zero-order chi connectivity index (χ0) is 28.8. The SMILES string of the molecule is CCCCC(CC)CNc1nc(N2CCN(C(=O)c3cc(Cl)cc(Cl)c3)CC2)nc2c1ncn2Cc1ccccc1. The summed E-state index contributed by atoms with van der Waals surface area (Å²) >= 11 is 12.3. The van der Waals surface area contributed by atoms with Gasteiger partial charge in [0, 0.05) is 48.3 Å². The Morgan fingerprint density at radius 3 is 2.41 bits per heavy atom. The summed E-state index contributed by atoms with van der Waals surface area (Å²) in [5.74, 6) is 1.91. The lowest BCUT2D eigenvalue weighted by molar-refractivity contribution is 0.0746. The number of carbonyl (C=O) groups excluding carboxylic acids is 1. The van der Waals surface area contributed by atoms with Crippen LogP contribution in [0.25, 0.3) is 11.2 Å². The average molecular weight is 595 g/mol. The first-order valence-corrected chi connectivity index (χ1v) is 15.2. The van der Waals surface area contributed by atoms with Crippen LogP contribution >= 0.6 is 23.2 Å². The van der Waals surface area contributed by atoms with E-state index in [4.69, 9.17) is 38.2 Å². The molecule has 1 amide bonds. The second-order valence-corrected chi connectivity index (χ2v) is 11.5. The summed E-state index contributed by atoms with van der Waals surface area (Å²) in [6, 6.07) is 15.3. The Balaban J connectivity index is 1.38. The molecule has 3 heterocycles. The number of carbonyl (C=O) groups is 1. The Labute approximate surface area is 251 Å². The fourth-order valence-electron chi connectivity index (χ4n) is 5.25. The number of piperazine rings is 1. The number of imidazole rings is 1. The molecule has 1 saturated heterocycles. The van der Waals surface area contributed by atoms with Crippen LogP contribution in [0.1, 0.15) is 55.5 Å². The summed E-state index contributed by atoms with van der Waals surface area (Å²) in [6.45, 7) is 8.32. The molecule has 4 aromatic rings. The molecular formula is C31H37Cl2N7O. The zero-order valence-corrected chi connectivity index (χ0v) is 25.2. The molecule has 1 aliphatic rings. The first kappa shape index (κ1) is 29.1. The van der Waals surface area contributed by atoms with Gasteiger partial charge in [-0.3, -0.25) is 4.79 Å². The van der Waals surface area contributed by atoms with E-state index in [-0.39, 0.29) is 5.91 Å². The summed E-state index contributed by atoms with van der Waals surface area (Å²) < 4.78 is 2.08. The minimum atomic E-state index is -0.0774. The van der Waals surface area contributed by atoms with Gasteiger partial charge in [0.25, 0.3) is 5.91 Å². The van der Waals surface area contributed by atoms with Crippen LogP contribution in [0, 0.1) is 5.92 Å². The van der Waals surface area contributed by atoms with E-state index in [1.165, 1.54) is 24.8 Å². The topological polar surface area (TPSA) is 79.2 Å². The Bertz CT molecular complexity index is 1450. The molecular weight excluding hydrogens is 557 g/mol. The molecule has 0 aliphatic carbocycles. The van der Waals surface area contributed by atoms with Crippen molar-refractivity contribution < 1.29 is 4.79 Å². The Morgan fingerprint density at radius 1 is 1.00 bits per heavy atom. The van der Waals surface area contributed by atoms with E-state index in [2.05, 4.69) is 40.8 Å². The number of hydrogen-bond donors (Lipinski definition) is 1. The van der Waals surface area contributed by atoms with Crippen LogP contribution in [0.15, 0.2) is 54.9 Å². The molecule has 10 heteroatoms. The summed E-state index contributed by atoms with van der Waals surface area (Å²) in [4.78, 5) is 31.8. The van der Waals surface area contributed by atoms with Gasteiger partial charge < -0.3 is 19.7 Å². The molecule has 0 bridgehead atoms. The quantitative estimate of drug-likeness (QED) is 0.207. The molecule has 5 rings (SSSR count). The number of nitrogens with one attached hydrogen (secondary N) is 1. The predicted octanol–water partition coefficient (Wildman–Crippen LogP) is 6.77. The Morgan fingerprint density at radius 2 is 1.73 bits per heavy atom. The maximum atomic E-state index is 13.1. The molecule has 1 atom stereocenters. The number of fused-ring (bicyclic) bond motifs is 1. The maximum absolute atomic E-state index is 13.1. The van der Waals surface area contributed by atoms with Crippen molar-refractivity contribution in [3.63, 3.8) is 0 Å². The molecule has 0 saturated carbocycles. The third kappa shape index (κ3) is 7.11. The minimum Gasteiger partial charge on any atom is -0.368 e. The van der Waals surface area contributed by atoms with Crippen molar-refractivity contribution in [1.82, 2.24) is 24.4 Å². The van der Waals surface area contributed by atoms with Crippen molar-refractivity contribution in [2.24, 2.45) is 5.92 Å². The van der Waals surface area contributed by atoms with Crippen molar-refractivity contribution in [3.05, 3.63) is 76.0 Å². The Kier molecular flexibility index (Phi) is 9.62. The van der Waals surface area contributed by atoms with E-state index in [0.29, 0.717) is 60.2 Å². The largest absolute Gasteiger partial charge is 0.368 e. The third-order valence-corrected chi connectivity index (χ3v) is 8.14. The van der Waals surface area contributed by atoms with E-state index in [1.807, 2.05) is 29.4 Å². The number of benzene rings is 2. The lowest BCUT2D eigenvalue weighted by Crippen LogP contribution is -2.49. The van der Waals surface area contributed by atoms with Crippen molar-refractivity contribution >= 4 is 52.0 Å². The molecule has 0 spiro atoms. The van der Waals surface area contributed by atoms with E-state index in [9.17, 15) is 4.79 Å². The molecule has 1 N–H and O–H groups in total. The predicted molar refractivity (Wildman–Crippen MR) is 167 cm³/mol. The number of nitrogens with zero attached hydrogens (tertiary/aromatic N) is 6. The standard InChI is InChI=1S/C31H37Cl2N7O/c1-3-5-9-22(4-2)19-34-28-27-29(40(21-35-27)20-23-10-7-6-8-11-23)37-31(36-28)39-14-12-38(13-15-39)30(41)24-16-25(32)18-26(33)17-24/h6-8,10-11,16-18,21-22H,3-5,9,12-15,19-20H2,1-2H3,(H,34,36,37). The van der Waals surface area contributed by atoms with Gasteiger partial charge in [-0.1, -0.05) is 86.6 Å². The minimum absolute atomic E-state index is 0.0774. The number of rotatable bonds is 11. The van der Waals surface area contributed by atoms with Crippen LogP contribution in [0.5, 0.6) is 0 Å². The molecule has 8 nitrogen and oxygen atoms in total. The van der Waals surface area contributed by atoms with Crippen molar-refractivity contribution in [3.8, 4) is 0 Å². The van der Waals surface area contributed by atoms with Crippen molar-refractivity contribution in [2.75, 3.05) is 42.9 Å². The number of amides is 1. The lowest BCUT2D eigenvalue weighted by atomic mass is 9.99. The summed E-state index contributed by atoms with van der Waals surface area (Å²) in [5, 5.41) is 4.52. The second-order valence-electron chi connectivity index (χ2n) is 10.6.